The molecule has 0 amide bonds. The normalized spacial score (nSPS) is 27.7. The van der Waals surface area contributed by atoms with Crippen LogP contribution in [0.5, 0.6) is 0 Å². The van der Waals surface area contributed by atoms with Gasteiger partial charge in [-0.3, -0.25) is 4.90 Å². The number of benzene rings is 1. The zero-order valence-corrected chi connectivity index (χ0v) is 15.2. The van der Waals surface area contributed by atoms with E-state index in [0.717, 1.165) is 43.8 Å². The average Bonchev–Trinajstić information content (AvgIpc) is 2.67. The van der Waals surface area contributed by atoms with E-state index in [2.05, 4.69) is 14.9 Å². The highest BCUT2D eigenvalue weighted by Gasteiger charge is 2.40. The fraction of sp³-hybridized carbons (Fsp3) is 0.500. The van der Waals surface area contributed by atoms with Crippen molar-refractivity contribution in [3.05, 3.63) is 47.4 Å². The monoisotopic (exact) mass is 376 g/mol. The van der Waals surface area contributed by atoms with E-state index in [1.54, 1.807) is 0 Å². The Kier molecular flexibility index (Phi) is 4.68. The number of hydrogen-bond acceptors (Lipinski definition) is 4. The summed E-state index contributed by atoms with van der Waals surface area (Å²) in [6, 6.07) is 7.57. The lowest BCUT2D eigenvalue weighted by atomic mass is 9.74. The first-order valence-electron chi connectivity index (χ1n) is 9.32. The number of piperidine rings is 3. The van der Waals surface area contributed by atoms with Crippen molar-refractivity contribution in [2.24, 2.45) is 11.7 Å². The molecule has 0 saturated carbocycles. The summed E-state index contributed by atoms with van der Waals surface area (Å²) in [5.74, 6) is 1.53. The number of nitrogens with two attached hydrogens (primary N) is 1. The van der Waals surface area contributed by atoms with Crippen LogP contribution in [-0.4, -0.2) is 40.5 Å². The van der Waals surface area contributed by atoms with Gasteiger partial charge in [-0.25, -0.2) is 9.97 Å². The molecule has 3 saturated heterocycles. The molecule has 7 heteroatoms. The van der Waals surface area contributed by atoms with Gasteiger partial charge >= 0.3 is 6.18 Å². The highest BCUT2D eigenvalue weighted by atomic mass is 19.4. The van der Waals surface area contributed by atoms with Crippen molar-refractivity contribution in [3.8, 4) is 11.3 Å². The van der Waals surface area contributed by atoms with E-state index in [1.807, 2.05) is 13.0 Å². The Balaban J connectivity index is 1.63. The van der Waals surface area contributed by atoms with Crippen LogP contribution in [0.15, 0.2) is 30.3 Å². The molecule has 3 aliphatic rings. The van der Waals surface area contributed by atoms with Gasteiger partial charge in [-0.15, -0.1) is 0 Å². The van der Waals surface area contributed by atoms with E-state index in [1.165, 1.54) is 12.1 Å². The summed E-state index contributed by atoms with van der Waals surface area (Å²) in [5, 5.41) is 0. The van der Waals surface area contributed by atoms with Crippen LogP contribution in [0.4, 0.5) is 13.2 Å². The van der Waals surface area contributed by atoms with E-state index >= 15 is 0 Å². The largest absolute Gasteiger partial charge is 0.416 e. The maximum atomic E-state index is 12.8. The summed E-state index contributed by atoms with van der Waals surface area (Å²) in [6.07, 6.45) is -2.11. The molecular formula is C20H23F3N4. The number of hydrogen-bond donors (Lipinski definition) is 1. The number of fused-ring (bicyclic) bond motifs is 3. The summed E-state index contributed by atoms with van der Waals surface area (Å²) in [4.78, 5) is 11.6. The molecule has 3 aliphatic heterocycles. The second-order valence-electron chi connectivity index (χ2n) is 7.58. The van der Waals surface area contributed by atoms with Crippen molar-refractivity contribution >= 4 is 0 Å². The Bertz CT molecular complexity index is 819. The Labute approximate surface area is 156 Å². The number of nitrogens with zero attached hydrogens (tertiary/aromatic N) is 3. The number of aryl methyl sites for hydroxylation is 1. The van der Waals surface area contributed by atoms with Gasteiger partial charge in [-0.05, 0) is 50.4 Å². The highest BCUT2D eigenvalue weighted by Crippen LogP contribution is 2.41. The van der Waals surface area contributed by atoms with Crippen LogP contribution < -0.4 is 5.73 Å². The molecule has 144 valence electrons. The number of rotatable bonds is 3. The second-order valence-corrected chi connectivity index (χ2v) is 7.58. The van der Waals surface area contributed by atoms with Gasteiger partial charge in [0.25, 0.3) is 0 Å². The van der Waals surface area contributed by atoms with Gasteiger partial charge in [0.2, 0.25) is 0 Å². The molecular weight excluding hydrogens is 353 g/mol. The van der Waals surface area contributed by atoms with Crippen molar-refractivity contribution in [3.63, 3.8) is 0 Å². The van der Waals surface area contributed by atoms with Crippen LogP contribution in [0.3, 0.4) is 0 Å². The maximum absolute atomic E-state index is 12.8. The highest BCUT2D eigenvalue weighted by molar-refractivity contribution is 5.60. The van der Waals surface area contributed by atoms with Gasteiger partial charge in [0.15, 0.2) is 0 Å². The summed E-state index contributed by atoms with van der Waals surface area (Å²) in [6.45, 7) is 4.54. The first-order chi connectivity index (χ1) is 12.8. The predicted octanol–water partition coefficient (Wildman–Crippen LogP) is 3.61. The minimum Gasteiger partial charge on any atom is -0.329 e. The molecule has 2 N–H and O–H groups in total. The van der Waals surface area contributed by atoms with Gasteiger partial charge in [0, 0.05) is 36.3 Å². The van der Waals surface area contributed by atoms with Gasteiger partial charge in [-0.1, -0.05) is 12.1 Å². The first kappa shape index (κ1) is 18.4. The first-order valence-corrected chi connectivity index (χ1v) is 9.32. The van der Waals surface area contributed by atoms with Crippen molar-refractivity contribution in [2.75, 3.05) is 19.6 Å². The molecule has 5 rings (SSSR count). The Morgan fingerprint density at radius 2 is 1.93 bits per heavy atom. The number of aromatic nitrogens is 2. The summed E-state index contributed by atoms with van der Waals surface area (Å²) < 4.78 is 38.4. The Hall–Kier alpha value is -1.99. The Morgan fingerprint density at radius 3 is 2.52 bits per heavy atom. The molecule has 1 aromatic carbocycles. The zero-order valence-electron chi connectivity index (χ0n) is 15.2. The van der Waals surface area contributed by atoms with Gasteiger partial charge in [-0.2, -0.15) is 13.2 Å². The third-order valence-corrected chi connectivity index (χ3v) is 5.90. The topological polar surface area (TPSA) is 55.0 Å². The van der Waals surface area contributed by atoms with Crippen LogP contribution >= 0.6 is 0 Å². The predicted molar refractivity (Wildman–Crippen MR) is 97.1 cm³/mol. The van der Waals surface area contributed by atoms with Crippen molar-refractivity contribution in [1.29, 1.82) is 0 Å². The average molecular weight is 376 g/mol. The standard InChI is InChI=1S/C20H23F3N4/c1-12-25-18(13-2-4-15(5-3-13)20(21,22)23)9-19(26-12)17-11-27-7-6-14(17)8-16(27)10-24/h2-5,9,14,16-17H,6-8,10-11,24H2,1H3/t14-,16+,17+/m0/s1. The fourth-order valence-corrected chi connectivity index (χ4v) is 4.48. The molecule has 27 heavy (non-hydrogen) atoms. The summed E-state index contributed by atoms with van der Waals surface area (Å²) in [5.41, 5.74) is 7.59. The molecule has 2 bridgehead atoms. The molecule has 3 fully saturated rings. The molecule has 2 aromatic rings. The molecule has 0 radical (unpaired) electrons. The number of alkyl halides is 3. The Morgan fingerprint density at radius 1 is 1.19 bits per heavy atom. The quantitative estimate of drug-likeness (QED) is 0.889. The lowest BCUT2D eigenvalue weighted by molar-refractivity contribution is -0.137. The third-order valence-electron chi connectivity index (χ3n) is 5.90. The molecule has 4 atom stereocenters. The minimum atomic E-state index is -4.33. The van der Waals surface area contributed by atoms with Crippen molar-refractivity contribution in [1.82, 2.24) is 14.9 Å². The lowest BCUT2D eigenvalue weighted by Crippen LogP contribution is -2.55. The maximum Gasteiger partial charge on any atom is 0.416 e. The second kappa shape index (κ2) is 6.87. The van der Waals surface area contributed by atoms with Crippen LogP contribution in [-0.2, 0) is 6.18 Å². The summed E-state index contributed by atoms with van der Waals surface area (Å²) >= 11 is 0. The molecule has 0 aliphatic carbocycles. The minimum absolute atomic E-state index is 0.330. The van der Waals surface area contributed by atoms with E-state index < -0.39 is 11.7 Å². The van der Waals surface area contributed by atoms with E-state index in [-0.39, 0.29) is 0 Å². The van der Waals surface area contributed by atoms with Crippen molar-refractivity contribution < 1.29 is 13.2 Å². The van der Waals surface area contributed by atoms with Crippen molar-refractivity contribution in [2.45, 2.75) is 37.9 Å². The smallest absolute Gasteiger partial charge is 0.329 e. The molecule has 0 spiro atoms. The molecule has 4 heterocycles. The van der Waals surface area contributed by atoms with Gasteiger partial charge in [0.05, 0.1) is 11.3 Å². The SMILES string of the molecule is Cc1nc(-c2ccc(C(F)(F)F)cc2)cc([C@@H]2CN3CC[C@H]2C[C@@H]3CN)n1. The third kappa shape index (κ3) is 3.58. The molecule has 1 aromatic heterocycles. The van der Waals surface area contributed by atoms with Gasteiger partial charge in [0.1, 0.15) is 5.82 Å². The van der Waals surface area contributed by atoms with Crippen LogP contribution in [0.1, 0.15) is 35.8 Å². The van der Waals surface area contributed by atoms with Crippen LogP contribution in [0, 0.1) is 12.8 Å². The van der Waals surface area contributed by atoms with E-state index in [9.17, 15) is 13.2 Å². The number of halogens is 3. The summed E-state index contributed by atoms with van der Waals surface area (Å²) in [7, 11) is 0. The van der Waals surface area contributed by atoms with E-state index in [4.69, 9.17) is 5.73 Å². The molecule has 4 nitrogen and oxygen atoms in total. The van der Waals surface area contributed by atoms with E-state index in [0.29, 0.717) is 41.5 Å². The fourth-order valence-electron chi connectivity index (χ4n) is 4.48. The van der Waals surface area contributed by atoms with Crippen LogP contribution in [0.2, 0.25) is 0 Å². The van der Waals surface area contributed by atoms with Crippen LogP contribution in [0.25, 0.3) is 11.3 Å². The molecule has 1 unspecified atom stereocenters. The lowest BCUT2D eigenvalue weighted by Gasteiger charge is -2.49. The van der Waals surface area contributed by atoms with Gasteiger partial charge < -0.3 is 5.73 Å². The zero-order chi connectivity index (χ0) is 19.2.